The Morgan fingerprint density at radius 3 is 0.595 bits per heavy atom. The molecule has 0 aliphatic rings. The summed E-state index contributed by atoms with van der Waals surface area (Å²) in [6, 6.07) is 62.7. The van der Waals surface area contributed by atoms with Crippen molar-refractivity contribution in [3.63, 3.8) is 0 Å². The second kappa shape index (κ2) is 61.2. The fourth-order valence-electron chi connectivity index (χ4n) is 10.1. The fraction of sp³-hybridized carbons (Fsp3) is 0.194. The number of carbonyl (C=O) groups excluding carboxylic acids is 2. The first-order valence-electron chi connectivity index (χ1n) is 31.4. The second-order valence-electron chi connectivity index (χ2n) is 22.2. The Morgan fingerprint density at radius 1 is 0.293 bits per heavy atom. The van der Waals surface area contributed by atoms with Crippen molar-refractivity contribution in [1.82, 2.24) is 49.5 Å². The molecule has 0 amide bonds. The number of nitriles is 2. The van der Waals surface area contributed by atoms with Gasteiger partial charge in [-0.05, 0) is 106 Å². The minimum atomic E-state index is -4.94. The number of carbonyl (C=O) groups is 2. The summed E-state index contributed by atoms with van der Waals surface area (Å²) in [7, 11) is -19.8. The molecule has 10 rings (SSSR count). The number of aromatic carboxylic acids is 2. The fourth-order valence-corrected chi connectivity index (χ4v) is 10.1. The second-order valence-corrected chi connectivity index (χ2v) is 25.2. The van der Waals surface area contributed by atoms with Gasteiger partial charge in [0.25, 0.3) is 0 Å². The summed E-state index contributed by atoms with van der Waals surface area (Å²) < 4.78 is 136. The van der Waals surface area contributed by atoms with Crippen LogP contribution >= 0.6 is 0 Å². The number of para-hydroxylation sites is 2. The number of carboxylic acid groups (broad SMARTS) is 2. The van der Waals surface area contributed by atoms with Gasteiger partial charge in [-0.15, -0.1) is 52.5 Å². The first-order chi connectivity index (χ1) is 51.9. The van der Waals surface area contributed by atoms with Crippen LogP contribution in [0.4, 0.5) is 0 Å². The molecule has 0 fully saturated rings. The van der Waals surface area contributed by atoms with Crippen molar-refractivity contribution in [3.05, 3.63) is 310 Å². The van der Waals surface area contributed by atoms with E-state index in [0.29, 0.717) is 112 Å². The molecule has 10 aromatic rings. The predicted octanol–water partition coefficient (Wildman–Crippen LogP) is -10.9. The number of carboxylic acids is 2. The zero-order chi connectivity index (χ0) is 81.7. The third kappa shape index (κ3) is 54.7. The van der Waals surface area contributed by atoms with E-state index < -0.39 is 52.9 Å². The van der Waals surface area contributed by atoms with E-state index >= 15 is 0 Å². The van der Waals surface area contributed by atoms with Gasteiger partial charge in [-0.2, -0.15) is 10.5 Å². The first-order valence-corrected chi connectivity index (χ1v) is 36.4. The average Bonchev–Trinajstić information content (AvgIpc) is 0.816. The summed E-state index contributed by atoms with van der Waals surface area (Å²) in [4.78, 5) is 60.4. The number of halogens is 4. The number of rotatable bonds is 26. The van der Waals surface area contributed by atoms with E-state index in [1.807, 2.05) is 168 Å². The van der Waals surface area contributed by atoms with Crippen LogP contribution in [0.25, 0.3) is 0 Å². The van der Waals surface area contributed by atoms with E-state index in [1.54, 1.807) is 85.7 Å². The zero-order valence-electron chi connectivity index (χ0n) is 61.3. The SMILES string of the molecule is CC#N.CC#N.O=C([O-])c1c(CN(Cc2ccccn2)Cc2ccccn2)cccc1CN(Cc1ccccn1)Cc1ccccc1[O-].O=C([O-])c1c(CN(Cc2ccccn2)Cc2ccccn2)cccc1CN(Cc1ccccn1)Cc1ccccc1[O-].[Fe+3].[Fe+3].[O-][Cl+3]([O-])([O-])[O-].[O-][Cl+3]([O-])([O-])[O-].[O-][Cl+3]([O-])([O-])[O-].[O-][Cl+3]([O-])([O-])[O-].[OH-].[OH-].[Zn+2].[Zn+2]. The maximum Gasteiger partial charge on any atom is 3.00 e. The Hall–Kier alpha value is -8.13. The maximum atomic E-state index is 12.7. The van der Waals surface area contributed by atoms with Crippen LogP contribution in [0.1, 0.15) is 102 Å². The Bertz CT molecular complexity index is 3980. The van der Waals surface area contributed by atoms with Crippen molar-refractivity contribution in [1.29, 1.82) is 10.5 Å². The molecular weight excluding hydrogens is 1800 g/mol. The first kappa shape index (κ1) is 114. The summed E-state index contributed by atoms with van der Waals surface area (Å²) in [6.45, 7) is 7.79. The van der Waals surface area contributed by atoms with Crippen molar-refractivity contribution in [2.75, 3.05) is 0 Å². The van der Waals surface area contributed by atoms with Crippen LogP contribution in [0.3, 0.4) is 0 Å². The molecule has 610 valence electrons. The third-order valence-corrected chi connectivity index (χ3v) is 13.9. The Labute approximate surface area is 722 Å². The molecular formula is C72H70Cl4Fe2N12O24Zn2. The van der Waals surface area contributed by atoms with E-state index in [-0.39, 0.29) is 107 Å². The summed E-state index contributed by atoms with van der Waals surface area (Å²) in [5.74, 6) is -2.59. The predicted molar refractivity (Wildman–Crippen MR) is 337 cm³/mol. The van der Waals surface area contributed by atoms with Gasteiger partial charge in [-0.3, -0.25) is 49.5 Å². The van der Waals surface area contributed by atoms with Crippen LogP contribution in [0.15, 0.2) is 231 Å². The molecule has 36 nitrogen and oxygen atoms in total. The average molecular weight is 1870 g/mol. The van der Waals surface area contributed by atoms with Gasteiger partial charge in [0.2, 0.25) is 0 Å². The molecule has 2 N–H and O–H groups in total. The molecule has 0 aliphatic carbocycles. The summed E-state index contributed by atoms with van der Waals surface area (Å²) in [6.07, 6.45) is 10.4. The van der Waals surface area contributed by atoms with Crippen LogP contribution in [-0.4, -0.2) is 72.4 Å². The van der Waals surface area contributed by atoms with Crippen molar-refractivity contribution in [2.45, 2.75) is 92.4 Å². The molecule has 0 unspecified atom stereocenters. The number of nitrogens with zero attached hydrogens (tertiary/aromatic N) is 12. The third-order valence-electron chi connectivity index (χ3n) is 13.9. The van der Waals surface area contributed by atoms with E-state index in [2.05, 4.69) is 39.7 Å². The molecule has 44 heteroatoms. The molecule has 0 saturated heterocycles. The molecule has 0 bridgehead atoms. The minimum Gasteiger partial charge on any atom is -0.872 e. The van der Waals surface area contributed by atoms with Gasteiger partial charge in [0.1, 0.15) is 0 Å². The van der Waals surface area contributed by atoms with Gasteiger partial charge in [-0.25, -0.2) is 74.5 Å². The van der Waals surface area contributed by atoms with Gasteiger partial charge in [-0.1, -0.05) is 121 Å². The van der Waals surface area contributed by atoms with Gasteiger partial charge >= 0.3 is 73.1 Å². The van der Waals surface area contributed by atoms with Crippen LogP contribution < -0.4 is 95.0 Å². The minimum absolute atomic E-state index is 0. The molecule has 0 saturated carbocycles. The molecule has 6 heterocycles. The van der Waals surface area contributed by atoms with E-state index in [0.717, 1.165) is 34.2 Å². The number of aromatic nitrogens is 6. The smallest absolute Gasteiger partial charge is 0.872 e. The summed E-state index contributed by atoms with van der Waals surface area (Å²) >= 11 is 0. The Balaban J connectivity index is -0.000000797. The summed E-state index contributed by atoms with van der Waals surface area (Å²) in [5.41, 5.74) is 9.23. The molecule has 116 heavy (non-hydrogen) atoms. The summed E-state index contributed by atoms with van der Waals surface area (Å²) in [5, 5.41) is 65.1. The molecule has 0 spiro atoms. The van der Waals surface area contributed by atoms with E-state index in [4.69, 9.17) is 85.1 Å². The zero-order valence-corrected chi connectivity index (χ0v) is 72.5. The van der Waals surface area contributed by atoms with Crippen LogP contribution in [-0.2, 0) is 152 Å². The van der Waals surface area contributed by atoms with Crippen LogP contribution in [0.2, 0.25) is 0 Å². The number of benzene rings is 4. The molecule has 0 aliphatic heterocycles. The normalized spacial score (nSPS) is 10.3. The van der Waals surface area contributed by atoms with Crippen LogP contribution in [0, 0.1) is 63.6 Å². The van der Waals surface area contributed by atoms with Gasteiger partial charge in [0.15, 0.2) is 0 Å². The van der Waals surface area contributed by atoms with Crippen molar-refractivity contribution >= 4 is 11.9 Å². The van der Waals surface area contributed by atoms with E-state index in [1.165, 1.54) is 13.8 Å². The standard InChI is InChI=1S/2C34H33N5O3.2C2H3N.4ClHO4.2Fe.2H2O.2Zn/c2*40-32-16-2-1-10-26(32)20-38(23-29-13-3-6-17-35-29)21-27-11-9-12-28(33(27)34(41)42)22-39(24-30-14-4-7-18-36-30)25-31-15-5-8-19-37-31;2*1-2-3;4*2-1(3,4)5;;;;;;/h2*1-19,40H,20-25H2,(H,41,42);2*1H3;4*(H,2,3,4,5);;;2*1H2;;/q;;;;;;;;2*+3;;;2*+2/p-10. The van der Waals surface area contributed by atoms with Gasteiger partial charge < -0.3 is 41.0 Å². The number of hydrogen-bond acceptors (Lipinski definition) is 36. The van der Waals surface area contributed by atoms with E-state index in [9.17, 15) is 30.0 Å². The monoisotopic (exact) mass is 1870 g/mol. The van der Waals surface area contributed by atoms with Gasteiger partial charge in [0.05, 0.1) is 58.2 Å². The van der Waals surface area contributed by atoms with Gasteiger partial charge in [0, 0.05) is 141 Å². The number of hydrogen-bond donors (Lipinski definition) is 0. The maximum absolute atomic E-state index is 12.7. The van der Waals surface area contributed by atoms with Crippen molar-refractivity contribution in [3.8, 4) is 23.6 Å². The molecule has 6 aromatic heterocycles. The molecule has 2 radical (unpaired) electrons. The topological polar surface area (TPSA) is 693 Å². The van der Waals surface area contributed by atoms with Crippen LogP contribution in [0.5, 0.6) is 11.5 Å². The quantitative estimate of drug-likeness (QED) is 0.0454. The van der Waals surface area contributed by atoms with Crippen molar-refractivity contribution in [2.24, 2.45) is 0 Å². The number of pyridine rings is 6. The van der Waals surface area contributed by atoms with Crippen molar-refractivity contribution < 1.29 is 230 Å². The Kier molecular flexibility index (Phi) is 60.3. The largest absolute Gasteiger partial charge is 3.00 e. The molecule has 0 atom stereocenters. The Morgan fingerprint density at radius 2 is 0.440 bits per heavy atom. The molecule has 4 aromatic carbocycles.